The van der Waals surface area contributed by atoms with Crippen LogP contribution in [0.1, 0.15) is 71.3 Å². The van der Waals surface area contributed by atoms with Crippen LogP contribution in [0.15, 0.2) is 27.6 Å². The third-order valence-electron chi connectivity index (χ3n) is 12.0. The van der Waals surface area contributed by atoms with E-state index in [9.17, 15) is 19.5 Å². The molecule has 4 saturated carbocycles. The van der Waals surface area contributed by atoms with Crippen LogP contribution in [0.2, 0.25) is 0 Å². The van der Waals surface area contributed by atoms with Crippen molar-refractivity contribution in [2.24, 2.45) is 22.7 Å². The van der Waals surface area contributed by atoms with Crippen LogP contribution < -0.4 is 5.63 Å². The van der Waals surface area contributed by atoms with Crippen molar-refractivity contribution in [3.05, 3.63) is 34.4 Å². The lowest BCUT2D eigenvalue weighted by molar-refractivity contribution is -0.565. The number of hydrogen-bond donors (Lipinski definition) is 1. The van der Waals surface area contributed by atoms with Crippen LogP contribution in [0.5, 0.6) is 0 Å². The first-order valence-corrected chi connectivity index (χ1v) is 14.7. The standard InChI is InChI=1S/C30H36O11/c1-14(31)36-13-29-17-7-9-26(3)21(16-5-6-20(33)35-12-16)23-25(38-23)30(26,34)18(17)8-10-28(29)11-19-22(37-15(2)32)24(29)40-27(4,39-19)41-28/h5-6,12,17-19,21-25,34H,7-11,13H2,1-4H3/t17-,18+,19+,21-,22+,23+,24+,25+,26+,27?,28-,29-,30+/m0/s1. The van der Waals surface area contributed by atoms with E-state index in [1.807, 2.05) is 0 Å². The lowest BCUT2D eigenvalue weighted by atomic mass is 9.39. The zero-order valence-corrected chi connectivity index (χ0v) is 23.6. The minimum absolute atomic E-state index is 0.0176. The second-order valence-electron chi connectivity index (χ2n) is 13.7. The van der Waals surface area contributed by atoms with Gasteiger partial charge in [-0.15, -0.1) is 0 Å². The number of aliphatic hydroxyl groups is 1. The van der Waals surface area contributed by atoms with Gasteiger partial charge in [-0.3, -0.25) is 9.59 Å². The number of epoxide rings is 1. The van der Waals surface area contributed by atoms with Crippen LogP contribution in [0.4, 0.5) is 0 Å². The number of hydrogen-bond acceptors (Lipinski definition) is 11. The molecule has 1 unspecified atom stereocenters. The Labute approximate surface area is 236 Å². The quantitative estimate of drug-likeness (QED) is 0.419. The van der Waals surface area contributed by atoms with E-state index in [2.05, 4.69) is 6.92 Å². The summed E-state index contributed by atoms with van der Waals surface area (Å²) >= 11 is 0. The van der Waals surface area contributed by atoms with E-state index in [1.165, 1.54) is 26.2 Å². The molecule has 11 heteroatoms. The molecule has 11 nitrogen and oxygen atoms in total. The number of rotatable bonds is 4. The molecule has 4 aliphatic heterocycles. The third-order valence-corrected chi connectivity index (χ3v) is 12.0. The fourth-order valence-electron chi connectivity index (χ4n) is 10.7. The molecule has 1 spiro atoms. The number of esters is 2. The van der Waals surface area contributed by atoms with Gasteiger partial charge in [-0.25, -0.2) is 4.79 Å². The second kappa shape index (κ2) is 7.99. The number of fused-ring (bicyclic) bond motifs is 5. The monoisotopic (exact) mass is 572 g/mol. The molecule has 5 heterocycles. The summed E-state index contributed by atoms with van der Waals surface area (Å²) in [5.41, 5.74) is -2.96. The van der Waals surface area contributed by atoms with Crippen LogP contribution in [0.25, 0.3) is 0 Å². The van der Waals surface area contributed by atoms with Crippen LogP contribution >= 0.6 is 0 Å². The summed E-state index contributed by atoms with van der Waals surface area (Å²) in [6, 6.07) is 3.19. The lowest BCUT2D eigenvalue weighted by Gasteiger charge is -2.75. The smallest absolute Gasteiger partial charge is 0.335 e. The number of ether oxygens (including phenoxy) is 6. The van der Waals surface area contributed by atoms with Gasteiger partial charge in [0.2, 0.25) is 0 Å². The average Bonchev–Trinajstić information content (AvgIpc) is 3.65. The summed E-state index contributed by atoms with van der Waals surface area (Å²) in [4.78, 5) is 36.3. The molecule has 0 radical (unpaired) electrons. The first-order valence-electron chi connectivity index (χ1n) is 14.7. The van der Waals surface area contributed by atoms with Gasteiger partial charge in [0.25, 0.3) is 5.97 Å². The SMILES string of the molecule is CC(=O)OC[C@]12[C@@H]3OC4(C)O[C@H](C[C@]1(CC[C@@H]1[C@@H]2CC[C@]2(C)[C@@H](c5ccc(=O)oc5)[C@H]5O[C@H]5[C@]12O)O4)[C@H]3OC(C)=O. The van der Waals surface area contributed by atoms with Gasteiger partial charge in [0.15, 0.2) is 6.10 Å². The topological polar surface area (TPSA) is 143 Å². The van der Waals surface area contributed by atoms with Crippen molar-refractivity contribution in [2.45, 2.75) is 113 Å². The first kappa shape index (κ1) is 26.3. The predicted molar refractivity (Wildman–Crippen MR) is 136 cm³/mol. The van der Waals surface area contributed by atoms with Crippen LogP contribution in [-0.4, -0.2) is 71.3 Å². The molecule has 41 heavy (non-hydrogen) atoms. The maximum atomic E-state index is 12.9. The van der Waals surface area contributed by atoms with Gasteiger partial charge < -0.3 is 37.9 Å². The summed E-state index contributed by atoms with van der Waals surface area (Å²) in [5, 5.41) is 12.9. The Morgan fingerprint density at radius 3 is 2.54 bits per heavy atom. The summed E-state index contributed by atoms with van der Waals surface area (Å²) < 4.78 is 42.5. The Hall–Kier alpha value is -2.31. The maximum Gasteiger partial charge on any atom is 0.335 e. The molecule has 9 rings (SSSR count). The Morgan fingerprint density at radius 1 is 1.05 bits per heavy atom. The summed E-state index contributed by atoms with van der Waals surface area (Å²) in [5.74, 6) is -2.73. The normalized spacial score (nSPS) is 53.5. The summed E-state index contributed by atoms with van der Waals surface area (Å²) in [7, 11) is 0. The molecule has 4 saturated heterocycles. The van der Waals surface area contributed by atoms with Crippen LogP contribution in [-0.2, 0) is 38.0 Å². The minimum atomic E-state index is -1.31. The van der Waals surface area contributed by atoms with Gasteiger partial charge in [-0.05, 0) is 49.1 Å². The molecule has 8 fully saturated rings. The zero-order valence-electron chi connectivity index (χ0n) is 23.6. The Bertz CT molecular complexity index is 1370. The van der Waals surface area contributed by atoms with Crippen molar-refractivity contribution in [3.8, 4) is 0 Å². The van der Waals surface area contributed by atoms with Gasteiger partial charge >= 0.3 is 17.6 Å². The highest BCUT2D eigenvalue weighted by Crippen LogP contribution is 2.77. The molecule has 0 amide bonds. The van der Waals surface area contributed by atoms with Crippen molar-refractivity contribution < 1.29 is 47.5 Å². The predicted octanol–water partition coefficient (Wildman–Crippen LogP) is 2.17. The second-order valence-corrected chi connectivity index (χ2v) is 13.7. The Morgan fingerprint density at radius 2 is 1.83 bits per heavy atom. The Kier molecular flexibility index (Phi) is 5.13. The maximum absolute atomic E-state index is 12.9. The molecular weight excluding hydrogens is 536 g/mol. The third kappa shape index (κ3) is 3.09. The van der Waals surface area contributed by atoms with Gasteiger partial charge in [0.05, 0.1) is 23.4 Å². The van der Waals surface area contributed by atoms with Crippen molar-refractivity contribution >= 4 is 11.9 Å². The zero-order chi connectivity index (χ0) is 28.7. The fourth-order valence-corrected chi connectivity index (χ4v) is 10.7. The van der Waals surface area contributed by atoms with E-state index in [0.717, 1.165) is 5.56 Å². The van der Waals surface area contributed by atoms with Crippen molar-refractivity contribution in [3.63, 3.8) is 0 Å². The van der Waals surface area contributed by atoms with E-state index in [0.29, 0.717) is 32.1 Å². The van der Waals surface area contributed by atoms with E-state index >= 15 is 0 Å². The molecule has 222 valence electrons. The minimum Gasteiger partial charge on any atom is -0.465 e. The molecule has 13 atom stereocenters. The van der Waals surface area contributed by atoms with E-state index in [-0.39, 0.29) is 36.6 Å². The highest BCUT2D eigenvalue weighted by atomic mass is 16.9. The van der Waals surface area contributed by atoms with Crippen LogP contribution in [0, 0.1) is 22.7 Å². The number of carbonyl (C=O) groups excluding carboxylic acids is 2. The molecule has 4 bridgehead atoms. The van der Waals surface area contributed by atoms with Crippen molar-refractivity contribution in [1.29, 1.82) is 0 Å². The van der Waals surface area contributed by atoms with Crippen molar-refractivity contribution in [1.82, 2.24) is 0 Å². The van der Waals surface area contributed by atoms with Gasteiger partial charge in [-0.2, -0.15) is 0 Å². The molecule has 1 aromatic heterocycles. The molecule has 1 N–H and O–H groups in total. The highest BCUT2D eigenvalue weighted by Gasteiger charge is 2.85. The summed E-state index contributed by atoms with van der Waals surface area (Å²) in [6.45, 7) is 6.63. The van der Waals surface area contributed by atoms with E-state index in [1.54, 1.807) is 13.0 Å². The first-order chi connectivity index (χ1) is 19.4. The van der Waals surface area contributed by atoms with Gasteiger partial charge in [0, 0.05) is 44.6 Å². The average molecular weight is 573 g/mol. The highest BCUT2D eigenvalue weighted by molar-refractivity contribution is 5.66. The van der Waals surface area contributed by atoms with Gasteiger partial charge in [-0.1, -0.05) is 6.92 Å². The lowest BCUT2D eigenvalue weighted by Crippen LogP contribution is -2.85. The van der Waals surface area contributed by atoms with Crippen LogP contribution in [0.3, 0.4) is 0 Å². The molecule has 1 aromatic rings. The molecule has 0 aromatic carbocycles. The molecule has 4 aliphatic carbocycles. The fraction of sp³-hybridized carbons (Fsp3) is 0.767. The van der Waals surface area contributed by atoms with Crippen molar-refractivity contribution in [2.75, 3.05) is 6.61 Å². The molecule has 8 aliphatic rings. The molecular formula is C30H36O11. The summed E-state index contributed by atoms with van der Waals surface area (Å²) in [6.07, 6.45) is 2.25. The largest absolute Gasteiger partial charge is 0.465 e. The number of carbonyl (C=O) groups is 2. The van der Waals surface area contributed by atoms with E-state index < -0.39 is 63.9 Å². The Balaban J connectivity index is 1.25. The van der Waals surface area contributed by atoms with Gasteiger partial charge in [0.1, 0.15) is 30.5 Å². The van der Waals surface area contributed by atoms with E-state index in [4.69, 9.17) is 32.8 Å².